The van der Waals surface area contributed by atoms with E-state index in [2.05, 4.69) is 46.7 Å². The molecule has 0 saturated carbocycles. The Morgan fingerprint density at radius 3 is 2.36 bits per heavy atom. The number of ether oxygens (including phenoxy) is 1. The number of nitrogens with zero attached hydrogens (tertiary/aromatic N) is 4. The van der Waals surface area contributed by atoms with Crippen LogP contribution in [0.3, 0.4) is 0 Å². The van der Waals surface area contributed by atoms with Crippen molar-refractivity contribution in [2.75, 3.05) is 12.9 Å². The molecule has 1 heterocycles. The molecule has 0 fully saturated rings. The van der Waals surface area contributed by atoms with Crippen molar-refractivity contribution in [3.8, 4) is 22.8 Å². The molecule has 1 amide bonds. The average molecular weight is 500 g/mol. The summed E-state index contributed by atoms with van der Waals surface area (Å²) in [4.78, 5) is 12.5. The van der Waals surface area contributed by atoms with Crippen molar-refractivity contribution in [1.29, 1.82) is 0 Å². The van der Waals surface area contributed by atoms with Crippen LogP contribution in [-0.4, -0.2) is 39.7 Å². The molecule has 0 aliphatic carbocycles. The van der Waals surface area contributed by atoms with Crippen LogP contribution in [0, 0.1) is 6.92 Å². The smallest absolute Gasteiger partial charge is 0.250 e. The van der Waals surface area contributed by atoms with Crippen LogP contribution >= 0.6 is 11.8 Å². The van der Waals surface area contributed by atoms with Gasteiger partial charge in [-0.15, -0.1) is 10.2 Å². The quantitative estimate of drug-likeness (QED) is 0.184. The number of aromatic nitrogens is 3. The molecule has 0 bridgehead atoms. The zero-order valence-corrected chi connectivity index (χ0v) is 21.6. The molecule has 4 aromatic rings. The SMILES string of the molecule is COc1ccc(-c2nnc(SCC(=O)NN=Cc3ccc(C(C)C)cc3)n2-c2ccc(C)cc2)cc1. The first-order valence-corrected chi connectivity index (χ1v) is 12.6. The Morgan fingerprint density at radius 1 is 1.03 bits per heavy atom. The molecule has 0 aliphatic rings. The Morgan fingerprint density at radius 2 is 1.72 bits per heavy atom. The molecule has 0 aliphatic heterocycles. The van der Waals surface area contributed by atoms with E-state index in [0.717, 1.165) is 28.1 Å². The molecule has 1 N–H and O–H groups in total. The molecule has 0 atom stereocenters. The first kappa shape index (κ1) is 25.2. The van der Waals surface area contributed by atoms with E-state index in [9.17, 15) is 4.79 Å². The van der Waals surface area contributed by atoms with E-state index in [1.54, 1.807) is 13.3 Å². The molecular formula is C28H29N5O2S. The van der Waals surface area contributed by atoms with Crippen molar-refractivity contribution in [2.45, 2.75) is 31.8 Å². The summed E-state index contributed by atoms with van der Waals surface area (Å²) in [5.41, 5.74) is 7.76. The highest BCUT2D eigenvalue weighted by molar-refractivity contribution is 7.99. The zero-order valence-electron chi connectivity index (χ0n) is 20.8. The minimum Gasteiger partial charge on any atom is -0.497 e. The fraction of sp³-hybridized carbons (Fsp3) is 0.214. The van der Waals surface area contributed by atoms with Gasteiger partial charge >= 0.3 is 0 Å². The van der Waals surface area contributed by atoms with E-state index in [1.165, 1.54) is 17.3 Å². The normalized spacial score (nSPS) is 11.2. The highest BCUT2D eigenvalue weighted by atomic mass is 32.2. The number of amides is 1. The third-order valence-corrected chi connectivity index (χ3v) is 6.54. The van der Waals surface area contributed by atoms with Gasteiger partial charge in [-0.2, -0.15) is 5.10 Å². The Kier molecular flexibility index (Phi) is 8.17. The summed E-state index contributed by atoms with van der Waals surface area (Å²) >= 11 is 1.31. The van der Waals surface area contributed by atoms with Gasteiger partial charge in [-0.25, -0.2) is 5.43 Å². The maximum Gasteiger partial charge on any atom is 0.250 e. The molecule has 184 valence electrons. The number of methoxy groups -OCH3 is 1. The standard InChI is InChI=1S/C28H29N5O2S/c1-19(2)22-9-7-21(8-10-22)17-29-30-26(34)18-36-28-32-31-27(23-11-15-25(35-4)16-12-23)33(28)24-13-5-20(3)6-14-24/h5-17,19H,18H2,1-4H3,(H,30,34). The van der Waals surface area contributed by atoms with Crippen molar-refractivity contribution in [2.24, 2.45) is 5.10 Å². The van der Waals surface area contributed by atoms with Crippen LogP contribution in [0.2, 0.25) is 0 Å². The second-order valence-corrected chi connectivity index (χ2v) is 9.55. The van der Waals surface area contributed by atoms with Gasteiger partial charge in [0.1, 0.15) is 5.75 Å². The van der Waals surface area contributed by atoms with Crippen molar-refractivity contribution in [3.63, 3.8) is 0 Å². The maximum absolute atomic E-state index is 12.5. The van der Waals surface area contributed by atoms with E-state index in [1.807, 2.05) is 72.2 Å². The zero-order chi connectivity index (χ0) is 25.5. The topological polar surface area (TPSA) is 81.4 Å². The molecule has 4 rings (SSSR count). The lowest BCUT2D eigenvalue weighted by molar-refractivity contribution is -0.118. The van der Waals surface area contributed by atoms with Gasteiger partial charge in [0.2, 0.25) is 0 Å². The molecule has 36 heavy (non-hydrogen) atoms. The summed E-state index contributed by atoms with van der Waals surface area (Å²) in [7, 11) is 1.64. The largest absolute Gasteiger partial charge is 0.497 e. The van der Waals surface area contributed by atoms with Crippen LogP contribution < -0.4 is 10.2 Å². The second-order valence-electron chi connectivity index (χ2n) is 8.61. The summed E-state index contributed by atoms with van der Waals surface area (Å²) in [6.07, 6.45) is 1.64. The van der Waals surface area contributed by atoms with Gasteiger partial charge < -0.3 is 4.74 Å². The van der Waals surface area contributed by atoms with Crippen LogP contribution in [0.4, 0.5) is 0 Å². The van der Waals surface area contributed by atoms with Crippen LogP contribution in [-0.2, 0) is 4.79 Å². The third kappa shape index (κ3) is 6.20. The Hall–Kier alpha value is -3.91. The highest BCUT2D eigenvalue weighted by Gasteiger charge is 2.17. The van der Waals surface area contributed by atoms with E-state index in [-0.39, 0.29) is 11.7 Å². The third-order valence-electron chi connectivity index (χ3n) is 5.61. The van der Waals surface area contributed by atoms with Crippen LogP contribution in [0.5, 0.6) is 5.75 Å². The molecule has 8 heteroatoms. The number of hydrazone groups is 1. The minimum absolute atomic E-state index is 0.149. The highest BCUT2D eigenvalue weighted by Crippen LogP contribution is 2.29. The van der Waals surface area contributed by atoms with E-state index < -0.39 is 0 Å². The van der Waals surface area contributed by atoms with Gasteiger partial charge in [-0.05, 0) is 60.4 Å². The molecule has 7 nitrogen and oxygen atoms in total. The van der Waals surface area contributed by atoms with E-state index in [0.29, 0.717) is 16.9 Å². The lowest BCUT2D eigenvalue weighted by Crippen LogP contribution is -2.20. The average Bonchev–Trinajstić information content (AvgIpc) is 3.32. The summed E-state index contributed by atoms with van der Waals surface area (Å²) < 4.78 is 7.23. The lowest BCUT2D eigenvalue weighted by atomic mass is 10.0. The Labute approximate surface area is 215 Å². The molecule has 0 saturated heterocycles. The van der Waals surface area contributed by atoms with Crippen molar-refractivity contribution >= 4 is 23.9 Å². The van der Waals surface area contributed by atoms with Crippen molar-refractivity contribution < 1.29 is 9.53 Å². The predicted octanol–water partition coefficient (Wildman–Crippen LogP) is 5.62. The van der Waals surface area contributed by atoms with E-state index in [4.69, 9.17) is 4.74 Å². The number of aryl methyl sites for hydroxylation is 1. The number of benzene rings is 3. The van der Waals surface area contributed by atoms with Crippen LogP contribution in [0.25, 0.3) is 17.1 Å². The second kappa shape index (κ2) is 11.7. The van der Waals surface area contributed by atoms with E-state index >= 15 is 0 Å². The number of rotatable bonds is 9. The van der Waals surface area contributed by atoms with Gasteiger partial charge in [0.05, 0.1) is 19.1 Å². The fourth-order valence-corrected chi connectivity index (χ4v) is 4.27. The first-order valence-electron chi connectivity index (χ1n) is 11.7. The van der Waals surface area contributed by atoms with Gasteiger partial charge in [0.15, 0.2) is 11.0 Å². The lowest BCUT2D eigenvalue weighted by Gasteiger charge is -2.11. The molecule has 0 radical (unpaired) electrons. The number of hydrogen-bond acceptors (Lipinski definition) is 6. The molecule has 0 spiro atoms. The summed E-state index contributed by atoms with van der Waals surface area (Å²) in [6, 6.07) is 23.9. The number of thioether (sulfide) groups is 1. The Balaban J connectivity index is 1.47. The molecule has 1 aromatic heterocycles. The number of carbonyl (C=O) groups is 1. The van der Waals surface area contributed by atoms with Crippen LogP contribution in [0.1, 0.15) is 36.5 Å². The number of hydrogen-bond donors (Lipinski definition) is 1. The molecular weight excluding hydrogens is 470 g/mol. The summed E-state index contributed by atoms with van der Waals surface area (Å²) in [6.45, 7) is 6.35. The summed E-state index contributed by atoms with van der Waals surface area (Å²) in [5, 5.41) is 13.5. The first-order chi connectivity index (χ1) is 17.4. The fourth-order valence-electron chi connectivity index (χ4n) is 3.53. The maximum atomic E-state index is 12.5. The van der Waals surface area contributed by atoms with Gasteiger partial charge in [0, 0.05) is 11.3 Å². The van der Waals surface area contributed by atoms with Gasteiger partial charge in [0.25, 0.3) is 5.91 Å². The number of nitrogens with one attached hydrogen (secondary N) is 1. The van der Waals surface area contributed by atoms with Gasteiger partial charge in [-0.3, -0.25) is 9.36 Å². The summed E-state index contributed by atoms with van der Waals surface area (Å²) in [5.74, 6) is 1.85. The van der Waals surface area contributed by atoms with Crippen molar-refractivity contribution in [3.05, 3.63) is 89.5 Å². The number of carbonyl (C=O) groups excluding carboxylic acids is 1. The predicted molar refractivity (Wildman–Crippen MR) is 145 cm³/mol. The monoisotopic (exact) mass is 499 g/mol. The Bertz CT molecular complexity index is 1330. The molecule has 3 aromatic carbocycles. The van der Waals surface area contributed by atoms with Crippen molar-refractivity contribution in [1.82, 2.24) is 20.2 Å². The van der Waals surface area contributed by atoms with Gasteiger partial charge in [-0.1, -0.05) is 67.6 Å². The minimum atomic E-state index is -0.223. The molecule has 0 unspecified atom stereocenters. The van der Waals surface area contributed by atoms with Crippen LogP contribution in [0.15, 0.2) is 83.1 Å².